The number of nitrogens with zero attached hydrogens (tertiary/aromatic N) is 5. The van der Waals surface area contributed by atoms with Gasteiger partial charge in [0.15, 0.2) is 0 Å². The molecular formula is C81H54ClN6-. The highest BCUT2D eigenvalue weighted by Crippen LogP contribution is 2.42. The second-order valence-electron chi connectivity index (χ2n) is 21.9. The lowest BCUT2D eigenvalue weighted by Crippen LogP contribution is -2.03. The van der Waals surface area contributed by atoms with E-state index in [9.17, 15) is 0 Å². The topological polar surface area (TPSA) is 72.3 Å². The van der Waals surface area contributed by atoms with Gasteiger partial charge in [-0.25, -0.2) is 19.9 Å². The number of hydrogen-bond donors (Lipinski definition) is 1. The summed E-state index contributed by atoms with van der Waals surface area (Å²) in [6, 6.07) is 106. The first-order valence-electron chi connectivity index (χ1n) is 29.2. The van der Waals surface area contributed by atoms with Gasteiger partial charge in [-0.3, -0.25) is 4.57 Å². The number of nitrogens with one attached hydrogen (secondary N) is 1. The number of rotatable bonds is 5. The summed E-state index contributed by atoms with van der Waals surface area (Å²) in [7, 11) is 0. The molecule has 18 aromatic rings. The van der Waals surface area contributed by atoms with E-state index in [2.05, 4.69) is 268 Å². The van der Waals surface area contributed by atoms with Crippen LogP contribution in [0.25, 0.3) is 159 Å². The van der Waals surface area contributed by atoms with Crippen molar-refractivity contribution in [1.29, 1.82) is 0 Å². The second kappa shape index (κ2) is 22.6. The normalized spacial score (nSPS) is 11.4. The van der Waals surface area contributed by atoms with E-state index < -0.39 is 0 Å². The largest absolute Gasteiger partial charge is 0.358 e. The number of aromatic amines is 1. The maximum Gasteiger partial charge on any atom is 0.235 e. The molecular weight excluding hydrogens is 1090 g/mol. The number of H-pyrrole nitrogens is 1. The molecule has 0 spiro atoms. The predicted octanol–water partition coefficient (Wildman–Crippen LogP) is 22.1. The zero-order chi connectivity index (χ0) is 57.8. The highest BCUT2D eigenvalue weighted by Gasteiger charge is 2.21. The number of halogens is 1. The number of benzene rings is 14. The van der Waals surface area contributed by atoms with Crippen molar-refractivity contribution in [3.63, 3.8) is 0 Å². The van der Waals surface area contributed by atoms with E-state index in [1.807, 2.05) is 54.6 Å². The first-order valence-corrected chi connectivity index (χ1v) is 29.6. The minimum absolute atomic E-state index is 0. The van der Waals surface area contributed by atoms with Gasteiger partial charge in [0.25, 0.3) is 0 Å². The van der Waals surface area contributed by atoms with Crippen LogP contribution in [0.1, 0.15) is 0 Å². The number of hydrogen-bond acceptors (Lipinski definition) is 4. The van der Waals surface area contributed by atoms with E-state index in [1.165, 1.54) is 97.9 Å². The lowest BCUT2D eigenvalue weighted by atomic mass is 10.00. The summed E-state index contributed by atoms with van der Waals surface area (Å²) in [6.45, 7) is 0. The van der Waals surface area contributed by atoms with Gasteiger partial charge >= 0.3 is 0 Å². The summed E-state index contributed by atoms with van der Waals surface area (Å²) in [4.78, 5) is 22.8. The van der Waals surface area contributed by atoms with E-state index >= 15 is 0 Å². The fourth-order valence-electron chi connectivity index (χ4n) is 12.8. The van der Waals surface area contributed by atoms with Gasteiger partial charge < -0.3 is 12.4 Å². The Morgan fingerprint density at radius 3 is 1.03 bits per heavy atom. The lowest BCUT2D eigenvalue weighted by molar-refractivity contribution is 1.01. The van der Waals surface area contributed by atoms with Crippen molar-refractivity contribution in [3.8, 4) is 50.7 Å². The van der Waals surface area contributed by atoms with Gasteiger partial charge in [-0.1, -0.05) is 267 Å². The Kier molecular flexibility index (Phi) is 13.7. The summed E-state index contributed by atoms with van der Waals surface area (Å²) in [5.41, 5.74) is 15.1. The lowest BCUT2D eigenvalue weighted by Gasteiger charge is -2.12. The molecule has 7 heteroatoms. The minimum atomic E-state index is 0. The van der Waals surface area contributed by atoms with Crippen LogP contribution in [0.5, 0.6) is 0 Å². The molecule has 0 amide bonds. The number of para-hydroxylation sites is 2. The number of fused-ring (bicyclic) bond motifs is 16. The highest BCUT2D eigenvalue weighted by atomic mass is 35.5. The molecule has 0 fully saturated rings. The quantitative estimate of drug-likeness (QED) is 0.138. The van der Waals surface area contributed by atoms with Crippen molar-refractivity contribution in [2.45, 2.75) is 0 Å². The molecule has 0 aliphatic heterocycles. The molecule has 0 aliphatic carbocycles. The van der Waals surface area contributed by atoms with Crippen LogP contribution in [0.15, 0.2) is 303 Å². The predicted molar refractivity (Wildman–Crippen MR) is 372 cm³/mol. The van der Waals surface area contributed by atoms with Crippen molar-refractivity contribution >= 4 is 120 Å². The van der Waals surface area contributed by atoms with Crippen LogP contribution in [-0.4, -0.2) is 29.5 Å². The van der Waals surface area contributed by atoms with Crippen molar-refractivity contribution in [3.05, 3.63) is 316 Å². The molecule has 6 nitrogen and oxygen atoms in total. The average Bonchev–Trinajstić information content (AvgIpc) is 4.00. The molecule has 0 radical (unpaired) electrons. The van der Waals surface area contributed by atoms with Crippen LogP contribution in [0.4, 0.5) is 0 Å². The summed E-state index contributed by atoms with van der Waals surface area (Å²) in [6.07, 6.45) is 0. The molecule has 0 aliphatic rings. The monoisotopic (exact) mass is 1150 g/mol. The molecule has 1 N–H and O–H groups in total. The third-order valence-corrected chi connectivity index (χ3v) is 17.0. The number of aromatic nitrogens is 6. The zero-order valence-corrected chi connectivity index (χ0v) is 48.7. The standard InChI is InChI=1S/C40H25N3.C20H13ClN2.C20H13N.CH3/c1-2-10-26(11-3-1)27-18-20-30(21-19-27)39-33-16-8-9-17-34(33)41-40(42-39)43-35-24-22-28-12-4-6-14-31(28)37(35)38-32-15-7-5-13-29(32)23-25-36(38)43;21-20-22-18-9-5-4-8-17(18)19(23-20)16-12-10-15(11-13-16)14-6-2-1-3-7-14;1-3-7-15-13(5-1)9-11-17-19(15)20-16-8-4-2-6-14(16)10-12-18(20)21-17;/h1-25H;1-13H;1-12,21H;1H3/q;;;-1. The van der Waals surface area contributed by atoms with E-state index in [0.717, 1.165) is 55.4 Å². The molecule has 4 aromatic heterocycles. The van der Waals surface area contributed by atoms with E-state index in [1.54, 1.807) is 0 Å². The molecule has 18 rings (SSSR count). The molecule has 14 aromatic carbocycles. The first-order chi connectivity index (χ1) is 43.1. The Labute approximate surface area is 513 Å². The van der Waals surface area contributed by atoms with Crippen LogP contribution in [0.2, 0.25) is 5.28 Å². The van der Waals surface area contributed by atoms with Gasteiger partial charge in [0.2, 0.25) is 11.2 Å². The Balaban J connectivity index is 0.000000122. The minimum Gasteiger partial charge on any atom is -0.358 e. The van der Waals surface area contributed by atoms with Crippen molar-refractivity contribution < 1.29 is 0 Å². The van der Waals surface area contributed by atoms with Crippen molar-refractivity contribution in [2.75, 3.05) is 0 Å². The van der Waals surface area contributed by atoms with Crippen LogP contribution in [0, 0.1) is 7.43 Å². The fourth-order valence-corrected chi connectivity index (χ4v) is 12.9. The van der Waals surface area contributed by atoms with Crippen LogP contribution < -0.4 is 0 Å². The van der Waals surface area contributed by atoms with Crippen LogP contribution in [-0.2, 0) is 0 Å². The zero-order valence-electron chi connectivity index (χ0n) is 48.0. The summed E-state index contributed by atoms with van der Waals surface area (Å²) in [5, 5.41) is 17.6. The van der Waals surface area contributed by atoms with Crippen LogP contribution in [0.3, 0.4) is 0 Å². The van der Waals surface area contributed by atoms with Crippen LogP contribution >= 0.6 is 11.6 Å². The van der Waals surface area contributed by atoms with Gasteiger partial charge in [-0.05, 0) is 113 Å². The molecule has 0 atom stereocenters. The Morgan fingerprint density at radius 1 is 0.261 bits per heavy atom. The third kappa shape index (κ3) is 9.49. The fraction of sp³-hybridized carbons (Fsp3) is 0. The smallest absolute Gasteiger partial charge is 0.235 e. The summed E-state index contributed by atoms with van der Waals surface area (Å²) < 4.78 is 2.25. The van der Waals surface area contributed by atoms with Gasteiger partial charge in [-0.15, -0.1) is 0 Å². The van der Waals surface area contributed by atoms with E-state index in [4.69, 9.17) is 21.6 Å². The average molecular weight is 1150 g/mol. The molecule has 4 heterocycles. The molecule has 0 saturated carbocycles. The highest BCUT2D eigenvalue weighted by molar-refractivity contribution is 6.30. The van der Waals surface area contributed by atoms with E-state index in [0.29, 0.717) is 5.95 Å². The van der Waals surface area contributed by atoms with Gasteiger partial charge in [0, 0.05) is 54.5 Å². The maximum absolute atomic E-state index is 6.08. The Bertz CT molecular complexity index is 5460. The summed E-state index contributed by atoms with van der Waals surface area (Å²) >= 11 is 6.08. The van der Waals surface area contributed by atoms with Gasteiger partial charge in [0.05, 0.1) is 33.5 Å². The molecule has 416 valence electrons. The maximum atomic E-state index is 6.08. The molecule has 0 saturated heterocycles. The van der Waals surface area contributed by atoms with Gasteiger partial charge in [-0.2, -0.15) is 0 Å². The third-order valence-electron chi connectivity index (χ3n) is 16.8. The molecule has 0 unspecified atom stereocenters. The van der Waals surface area contributed by atoms with Crippen molar-refractivity contribution in [1.82, 2.24) is 29.5 Å². The first kappa shape index (κ1) is 53.4. The van der Waals surface area contributed by atoms with Crippen molar-refractivity contribution in [2.24, 2.45) is 0 Å². The Morgan fingerprint density at radius 2 is 0.591 bits per heavy atom. The Hall–Kier alpha value is -11.3. The molecule has 0 bridgehead atoms. The second-order valence-corrected chi connectivity index (χ2v) is 22.2. The summed E-state index contributed by atoms with van der Waals surface area (Å²) in [5.74, 6) is 0.673. The van der Waals surface area contributed by atoms with E-state index in [-0.39, 0.29) is 12.7 Å². The SMILES string of the molecule is Clc1nc(-c2ccc(-c3ccccc3)cc2)c2ccccc2n1.[CH3-].c1ccc(-c2ccc(-c3nc(-n4c5ccc6ccccc6c5c5c6ccccc6ccc54)nc4ccccc34)cc2)cc1.c1ccc2c(c1)ccc1[nH]c3ccc4ccccc4c3c12. The molecule has 88 heavy (non-hydrogen) atoms. The van der Waals surface area contributed by atoms with Gasteiger partial charge in [0.1, 0.15) is 0 Å².